The zero-order valence-corrected chi connectivity index (χ0v) is 21.3. The maximum Gasteiger partial charge on any atom is 0.341 e. The van der Waals surface area contributed by atoms with Crippen molar-refractivity contribution in [2.45, 2.75) is 39.7 Å². The van der Waals surface area contributed by atoms with Crippen molar-refractivity contribution in [2.24, 2.45) is 0 Å². The van der Waals surface area contributed by atoms with Gasteiger partial charge in [0.25, 0.3) is 0 Å². The fourth-order valence-electron chi connectivity index (χ4n) is 5.31. The van der Waals surface area contributed by atoms with Crippen LogP contribution >= 0.6 is 0 Å². The smallest absolute Gasteiger partial charge is 0.341 e. The van der Waals surface area contributed by atoms with E-state index >= 15 is 4.39 Å². The van der Waals surface area contributed by atoms with E-state index in [1.54, 1.807) is 10.6 Å². The molecule has 0 radical (unpaired) electrons. The van der Waals surface area contributed by atoms with Crippen molar-refractivity contribution in [3.8, 4) is 0 Å². The normalized spacial score (nSPS) is 16.3. The number of benzene rings is 2. The van der Waals surface area contributed by atoms with E-state index in [0.717, 1.165) is 35.2 Å². The Labute approximate surface area is 214 Å². The van der Waals surface area contributed by atoms with Gasteiger partial charge in [0, 0.05) is 49.5 Å². The van der Waals surface area contributed by atoms with Crippen molar-refractivity contribution in [1.82, 2.24) is 9.47 Å². The predicted molar refractivity (Wildman–Crippen MR) is 141 cm³/mol. The van der Waals surface area contributed by atoms with Crippen LogP contribution in [0, 0.1) is 26.6 Å². The highest BCUT2D eigenvalue weighted by Crippen LogP contribution is 2.38. The van der Waals surface area contributed by atoms with Gasteiger partial charge in [-0.15, -0.1) is 0 Å². The van der Waals surface area contributed by atoms with E-state index in [1.807, 2.05) is 42.7 Å². The highest BCUT2D eigenvalue weighted by Gasteiger charge is 2.28. The third-order valence-electron chi connectivity index (χ3n) is 7.29. The summed E-state index contributed by atoms with van der Waals surface area (Å²) in [4.78, 5) is 41.0. The molecule has 8 nitrogen and oxygen atoms in total. The second-order valence-electron chi connectivity index (χ2n) is 10.2. The number of carbonyl (C=O) groups is 2. The number of carboxylic acids is 1. The molecule has 1 aliphatic heterocycles. The van der Waals surface area contributed by atoms with Gasteiger partial charge in [0.1, 0.15) is 11.4 Å². The van der Waals surface area contributed by atoms with Gasteiger partial charge >= 0.3 is 5.97 Å². The number of rotatable bonds is 6. The van der Waals surface area contributed by atoms with E-state index in [4.69, 9.17) is 0 Å². The second-order valence-corrected chi connectivity index (χ2v) is 10.2. The van der Waals surface area contributed by atoms with Gasteiger partial charge in [0.2, 0.25) is 11.3 Å². The number of anilines is 2. The van der Waals surface area contributed by atoms with Crippen LogP contribution in [0.25, 0.3) is 10.9 Å². The van der Waals surface area contributed by atoms with Gasteiger partial charge in [-0.25, -0.2) is 9.18 Å². The fourth-order valence-corrected chi connectivity index (χ4v) is 5.31. The molecule has 2 aromatic carbocycles. The van der Waals surface area contributed by atoms with E-state index in [2.05, 4.69) is 5.32 Å². The number of carboxylic acid groups (broad SMARTS) is 1. The Hall–Kier alpha value is -3.72. The van der Waals surface area contributed by atoms with Gasteiger partial charge in [-0.1, -0.05) is 17.7 Å². The first-order chi connectivity index (χ1) is 17.6. The lowest BCUT2D eigenvalue weighted by Gasteiger charge is -2.36. The molecule has 5 rings (SSSR count). The first kappa shape index (κ1) is 25.0. The maximum atomic E-state index is 15.2. The number of carbonyl (C=O) groups excluding carboxylic acids is 1. The summed E-state index contributed by atoms with van der Waals surface area (Å²) < 4.78 is 17.0. The Bertz CT molecular complexity index is 1450. The van der Waals surface area contributed by atoms with Crippen molar-refractivity contribution < 1.29 is 19.1 Å². The molecule has 1 amide bonds. The Morgan fingerprint density at radius 3 is 2.27 bits per heavy atom. The minimum atomic E-state index is -1.31. The molecule has 37 heavy (non-hydrogen) atoms. The van der Waals surface area contributed by atoms with Crippen LogP contribution in [-0.4, -0.2) is 59.2 Å². The van der Waals surface area contributed by atoms with Crippen molar-refractivity contribution in [3.63, 3.8) is 0 Å². The van der Waals surface area contributed by atoms with E-state index < -0.39 is 17.2 Å². The quantitative estimate of drug-likeness (QED) is 0.527. The lowest BCUT2D eigenvalue weighted by atomic mass is 10.1. The summed E-state index contributed by atoms with van der Waals surface area (Å²) in [5.41, 5.74) is 4.00. The number of aromatic nitrogens is 1. The van der Waals surface area contributed by atoms with E-state index in [9.17, 15) is 19.5 Å². The van der Waals surface area contributed by atoms with Crippen molar-refractivity contribution >= 4 is 34.2 Å². The van der Waals surface area contributed by atoms with Crippen LogP contribution in [-0.2, 0) is 4.79 Å². The highest BCUT2D eigenvalue weighted by molar-refractivity contribution is 5.94. The van der Waals surface area contributed by atoms with Gasteiger partial charge in [0.15, 0.2) is 0 Å². The summed E-state index contributed by atoms with van der Waals surface area (Å²) >= 11 is 0. The van der Waals surface area contributed by atoms with Gasteiger partial charge in [-0.05, 0) is 56.9 Å². The van der Waals surface area contributed by atoms with Crippen LogP contribution in [0.5, 0.6) is 0 Å². The van der Waals surface area contributed by atoms with Crippen LogP contribution in [0.2, 0.25) is 0 Å². The van der Waals surface area contributed by atoms with Gasteiger partial charge < -0.3 is 19.9 Å². The van der Waals surface area contributed by atoms with E-state index in [1.165, 1.54) is 12.3 Å². The minimum Gasteiger partial charge on any atom is -0.477 e. The largest absolute Gasteiger partial charge is 0.477 e. The minimum absolute atomic E-state index is 0.0805. The highest BCUT2D eigenvalue weighted by atomic mass is 19.1. The van der Waals surface area contributed by atoms with Crippen LogP contribution in [0.15, 0.2) is 35.3 Å². The second kappa shape index (κ2) is 9.63. The number of fused-ring (bicyclic) bond motifs is 1. The monoisotopic (exact) mass is 506 g/mol. The standard InChI is InChI=1S/C28H31FN4O4/c1-16-10-17(2)26(18(3)11-16)30-25(34)15-31-6-8-32(9-7-31)24-13-23-20(12-22(24)29)27(35)21(28(36)37)14-33(23)19-4-5-19/h10-14,19H,4-9,15H2,1-3H3,(H,30,34)(H,36,37). The molecule has 2 heterocycles. The fraction of sp³-hybridized carbons (Fsp3) is 0.393. The van der Waals surface area contributed by atoms with Crippen LogP contribution in [0.3, 0.4) is 0 Å². The summed E-state index contributed by atoms with van der Waals surface area (Å²) in [7, 11) is 0. The number of aryl methyl sites for hydroxylation is 3. The summed E-state index contributed by atoms with van der Waals surface area (Å²) in [5, 5.41) is 12.6. The van der Waals surface area contributed by atoms with Crippen molar-refractivity contribution in [3.05, 3.63) is 68.8 Å². The number of amides is 1. The molecule has 2 aliphatic rings. The molecular weight excluding hydrogens is 475 g/mol. The third kappa shape index (κ3) is 4.96. The molecule has 1 aromatic heterocycles. The predicted octanol–water partition coefficient (Wildman–Crippen LogP) is 3.86. The number of piperazine rings is 1. The molecule has 1 saturated heterocycles. The number of halogens is 1. The molecule has 2 N–H and O–H groups in total. The van der Waals surface area contributed by atoms with Gasteiger partial charge in [0.05, 0.1) is 17.7 Å². The summed E-state index contributed by atoms with van der Waals surface area (Å²) in [5.74, 6) is -1.94. The molecule has 9 heteroatoms. The molecule has 0 bridgehead atoms. The first-order valence-corrected chi connectivity index (χ1v) is 12.6. The molecular formula is C28H31FN4O4. The van der Waals surface area contributed by atoms with Crippen molar-refractivity contribution in [2.75, 3.05) is 42.9 Å². The number of hydrogen-bond donors (Lipinski definition) is 2. The molecule has 0 atom stereocenters. The van der Waals surface area contributed by atoms with Crippen LogP contribution < -0.4 is 15.6 Å². The first-order valence-electron chi connectivity index (χ1n) is 12.6. The number of nitrogens with zero attached hydrogens (tertiary/aromatic N) is 3. The number of hydrogen-bond acceptors (Lipinski definition) is 5. The molecule has 0 unspecified atom stereocenters. The third-order valence-corrected chi connectivity index (χ3v) is 7.29. The van der Waals surface area contributed by atoms with E-state index in [-0.39, 0.29) is 29.4 Å². The van der Waals surface area contributed by atoms with Crippen LogP contribution in [0.1, 0.15) is 45.9 Å². The number of nitrogens with one attached hydrogen (secondary N) is 1. The van der Waals surface area contributed by atoms with Crippen molar-refractivity contribution in [1.29, 1.82) is 0 Å². The maximum absolute atomic E-state index is 15.2. The SMILES string of the molecule is Cc1cc(C)c(NC(=O)CN2CCN(c3cc4c(cc3F)c(=O)c(C(=O)O)cn4C3CC3)CC2)c(C)c1. The average Bonchev–Trinajstić information content (AvgIpc) is 3.67. The Kier molecular flexibility index (Phi) is 6.49. The molecule has 194 valence electrons. The zero-order valence-electron chi connectivity index (χ0n) is 21.3. The molecule has 2 fully saturated rings. The summed E-state index contributed by atoms with van der Waals surface area (Å²) in [6.07, 6.45) is 3.18. The topological polar surface area (TPSA) is 94.9 Å². The lowest BCUT2D eigenvalue weighted by Crippen LogP contribution is -2.49. The Morgan fingerprint density at radius 2 is 1.68 bits per heavy atom. The number of pyridine rings is 1. The number of aromatic carboxylic acids is 1. The van der Waals surface area contributed by atoms with Gasteiger partial charge in [-0.2, -0.15) is 0 Å². The molecule has 3 aromatic rings. The summed E-state index contributed by atoms with van der Waals surface area (Å²) in [6, 6.07) is 7.05. The average molecular weight is 507 g/mol. The summed E-state index contributed by atoms with van der Waals surface area (Å²) in [6.45, 7) is 8.48. The Balaban J connectivity index is 1.31. The van der Waals surface area contributed by atoms with Crippen LogP contribution in [0.4, 0.5) is 15.8 Å². The lowest BCUT2D eigenvalue weighted by molar-refractivity contribution is -0.117. The zero-order chi connectivity index (χ0) is 26.4. The molecule has 1 aliphatic carbocycles. The molecule has 0 spiro atoms. The van der Waals surface area contributed by atoms with Gasteiger partial charge in [-0.3, -0.25) is 14.5 Å². The molecule has 1 saturated carbocycles. The Morgan fingerprint density at radius 1 is 1.03 bits per heavy atom. The van der Waals surface area contributed by atoms with E-state index in [0.29, 0.717) is 37.4 Å².